The van der Waals surface area contributed by atoms with Crippen molar-refractivity contribution in [2.45, 2.75) is 26.0 Å². The second-order valence-electron chi connectivity index (χ2n) is 6.74. The van der Waals surface area contributed by atoms with Gasteiger partial charge in [-0.15, -0.1) is 0 Å². The SMILES string of the molecule is C[C@@H](OC(=O)c1ccccc1Oc1ccccc1)C(=O)N[C@H](C)c1ccc(F)cc1. The molecule has 3 aromatic carbocycles. The number of hydrogen-bond donors (Lipinski definition) is 1. The van der Waals surface area contributed by atoms with Gasteiger partial charge in [0.25, 0.3) is 5.91 Å². The fourth-order valence-corrected chi connectivity index (χ4v) is 2.78. The molecule has 0 spiro atoms. The summed E-state index contributed by atoms with van der Waals surface area (Å²) >= 11 is 0. The molecule has 1 amide bonds. The molecule has 0 saturated heterocycles. The highest BCUT2D eigenvalue weighted by atomic mass is 19.1. The predicted octanol–water partition coefficient (Wildman–Crippen LogP) is 5.04. The molecule has 3 rings (SSSR count). The number of halogens is 1. The summed E-state index contributed by atoms with van der Waals surface area (Å²) in [6.45, 7) is 3.26. The van der Waals surface area contributed by atoms with Crippen LogP contribution in [0.3, 0.4) is 0 Å². The van der Waals surface area contributed by atoms with Crippen molar-refractivity contribution in [3.63, 3.8) is 0 Å². The first-order valence-electron chi connectivity index (χ1n) is 9.53. The Morgan fingerprint density at radius 3 is 2.20 bits per heavy atom. The van der Waals surface area contributed by atoms with E-state index in [1.54, 1.807) is 55.5 Å². The van der Waals surface area contributed by atoms with Crippen molar-refractivity contribution in [1.82, 2.24) is 5.32 Å². The van der Waals surface area contributed by atoms with Crippen LogP contribution in [0.1, 0.15) is 35.8 Å². The van der Waals surface area contributed by atoms with E-state index in [-0.39, 0.29) is 17.4 Å². The van der Waals surface area contributed by atoms with Crippen LogP contribution in [0.4, 0.5) is 4.39 Å². The third kappa shape index (κ3) is 5.44. The number of nitrogens with one attached hydrogen (secondary N) is 1. The molecule has 0 aliphatic heterocycles. The highest BCUT2D eigenvalue weighted by Gasteiger charge is 2.23. The quantitative estimate of drug-likeness (QED) is 0.557. The number of ether oxygens (including phenoxy) is 2. The van der Waals surface area contributed by atoms with Crippen LogP contribution in [-0.2, 0) is 9.53 Å². The van der Waals surface area contributed by atoms with E-state index in [1.165, 1.54) is 19.1 Å². The van der Waals surface area contributed by atoms with E-state index < -0.39 is 18.0 Å². The van der Waals surface area contributed by atoms with Gasteiger partial charge in [-0.1, -0.05) is 42.5 Å². The number of para-hydroxylation sites is 2. The van der Waals surface area contributed by atoms with E-state index in [9.17, 15) is 14.0 Å². The Morgan fingerprint density at radius 1 is 0.867 bits per heavy atom. The van der Waals surface area contributed by atoms with Gasteiger partial charge >= 0.3 is 5.97 Å². The molecule has 0 bridgehead atoms. The minimum atomic E-state index is -1.02. The number of carbonyl (C=O) groups excluding carboxylic acids is 2. The van der Waals surface area contributed by atoms with Crippen LogP contribution in [0.15, 0.2) is 78.9 Å². The molecule has 0 fully saturated rings. The fraction of sp³-hybridized carbons (Fsp3) is 0.167. The number of carbonyl (C=O) groups is 2. The average molecular weight is 407 g/mol. The fourth-order valence-electron chi connectivity index (χ4n) is 2.78. The van der Waals surface area contributed by atoms with Crippen LogP contribution in [0, 0.1) is 5.82 Å². The first kappa shape index (κ1) is 21.0. The molecular formula is C24H22FNO4. The maximum absolute atomic E-state index is 13.1. The van der Waals surface area contributed by atoms with Crippen molar-refractivity contribution >= 4 is 11.9 Å². The van der Waals surface area contributed by atoms with E-state index in [1.807, 2.05) is 18.2 Å². The van der Waals surface area contributed by atoms with Gasteiger partial charge in [-0.25, -0.2) is 9.18 Å². The van der Waals surface area contributed by atoms with Crippen molar-refractivity contribution in [3.05, 3.63) is 95.8 Å². The van der Waals surface area contributed by atoms with Crippen LogP contribution in [-0.4, -0.2) is 18.0 Å². The van der Waals surface area contributed by atoms with Crippen molar-refractivity contribution in [3.8, 4) is 11.5 Å². The molecule has 2 atom stereocenters. The molecule has 154 valence electrons. The van der Waals surface area contributed by atoms with Gasteiger partial charge in [0.15, 0.2) is 6.10 Å². The Labute approximate surface area is 174 Å². The molecule has 1 N–H and O–H groups in total. The monoisotopic (exact) mass is 407 g/mol. The van der Waals surface area contributed by atoms with E-state index in [0.717, 1.165) is 5.56 Å². The molecule has 0 aliphatic rings. The normalized spacial score (nSPS) is 12.5. The van der Waals surface area contributed by atoms with Gasteiger partial charge in [-0.05, 0) is 55.8 Å². The summed E-state index contributed by atoms with van der Waals surface area (Å²) in [5, 5.41) is 2.76. The van der Waals surface area contributed by atoms with Crippen LogP contribution >= 0.6 is 0 Å². The lowest BCUT2D eigenvalue weighted by atomic mass is 10.1. The van der Waals surface area contributed by atoms with Gasteiger partial charge in [0.2, 0.25) is 0 Å². The van der Waals surface area contributed by atoms with Crippen molar-refractivity contribution < 1.29 is 23.5 Å². The maximum atomic E-state index is 13.1. The van der Waals surface area contributed by atoms with E-state index in [4.69, 9.17) is 9.47 Å². The first-order chi connectivity index (χ1) is 14.4. The standard InChI is InChI=1S/C24H22FNO4/c1-16(18-12-14-19(25)15-13-18)26-23(27)17(2)29-24(28)21-10-6-7-11-22(21)30-20-8-4-3-5-9-20/h3-17H,1-2H3,(H,26,27)/t16-,17-/m1/s1. The molecule has 0 aromatic heterocycles. The summed E-state index contributed by atoms with van der Waals surface area (Å²) in [7, 11) is 0. The third-order valence-corrected chi connectivity index (χ3v) is 4.46. The van der Waals surface area contributed by atoms with Crippen LogP contribution in [0.25, 0.3) is 0 Å². The number of amides is 1. The zero-order valence-corrected chi connectivity index (χ0v) is 16.7. The summed E-state index contributed by atoms with van der Waals surface area (Å²) in [5.74, 6) is -0.561. The number of esters is 1. The number of rotatable bonds is 7. The van der Waals surface area contributed by atoms with Crippen molar-refractivity contribution in [2.75, 3.05) is 0 Å². The van der Waals surface area contributed by atoms with Crippen LogP contribution in [0.5, 0.6) is 11.5 Å². The van der Waals surface area contributed by atoms with E-state index in [0.29, 0.717) is 11.5 Å². The first-order valence-corrected chi connectivity index (χ1v) is 9.53. The summed E-state index contributed by atoms with van der Waals surface area (Å²) in [6.07, 6.45) is -1.02. The lowest BCUT2D eigenvalue weighted by Crippen LogP contribution is -2.37. The number of hydrogen-bond acceptors (Lipinski definition) is 4. The Hall–Kier alpha value is -3.67. The lowest BCUT2D eigenvalue weighted by molar-refractivity contribution is -0.129. The van der Waals surface area contributed by atoms with Gasteiger partial charge < -0.3 is 14.8 Å². The highest BCUT2D eigenvalue weighted by Crippen LogP contribution is 2.26. The Bertz CT molecular complexity index is 1010. The second kappa shape index (κ2) is 9.69. The van der Waals surface area contributed by atoms with Crippen molar-refractivity contribution in [1.29, 1.82) is 0 Å². The topological polar surface area (TPSA) is 64.6 Å². The zero-order chi connectivity index (χ0) is 21.5. The van der Waals surface area contributed by atoms with E-state index in [2.05, 4.69) is 5.32 Å². The average Bonchev–Trinajstić information content (AvgIpc) is 2.75. The summed E-state index contributed by atoms with van der Waals surface area (Å²) in [4.78, 5) is 25.1. The molecular weight excluding hydrogens is 385 g/mol. The maximum Gasteiger partial charge on any atom is 0.342 e. The van der Waals surface area contributed by atoms with Crippen LogP contribution < -0.4 is 10.1 Å². The Morgan fingerprint density at radius 2 is 1.50 bits per heavy atom. The molecule has 3 aromatic rings. The van der Waals surface area contributed by atoms with Gasteiger partial charge in [0.1, 0.15) is 22.9 Å². The zero-order valence-electron chi connectivity index (χ0n) is 16.7. The molecule has 6 heteroatoms. The van der Waals surface area contributed by atoms with E-state index >= 15 is 0 Å². The second-order valence-corrected chi connectivity index (χ2v) is 6.74. The summed E-state index contributed by atoms with van der Waals surface area (Å²) in [5.41, 5.74) is 0.956. The number of benzene rings is 3. The molecule has 0 radical (unpaired) electrons. The summed E-state index contributed by atoms with van der Waals surface area (Å²) in [6, 6.07) is 21.2. The minimum Gasteiger partial charge on any atom is -0.456 e. The molecule has 5 nitrogen and oxygen atoms in total. The highest BCUT2D eigenvalue weighted by molar-refractivity contribution is 5.94. The minimum absolute atomic E-state index is 0.215. The smallest absolute Gasteiger partial charge is 0.342 e. The Kier molecular flexibility index (Phi) is 6.80. The van der Waals surface area contributed by atoms with Gasteiger partial charge in [0, 0.05) is 0 Å². The van der Waals surface area contributed by atoms with Gasteiger partial charge in [-0.2, -0.15) is 0 Å². The molecule has 0 unspecified atom stereocenters. The largest absolute Gasteiger partial charge is 0.456 e. The third-order valence-electron chi connectivity index (χ3n) is 4.46. The van der Waals surface area contributed by atoms with Crippen molar-refractivity contribution in [2.24, 2.45) is 0 Å². The van der Waals surface area contributed by atoms with Gasteiger partial charge in [0.05, 0.1) is 6.04 Å². The molecule has 0 saturated carbocycles. The molecule has 30 heavy (non-hydrogen) atoms. The van der Waals surface area contributed by atoms with Crippen LogP contribution in [0.2, 0.25) is 0 Å². The van der Waals surface area contributed by atoms with Gasteiger partial charge in [-0.3, -0.25) is 4.79 Å². The predicted molar refractivity (Wildman–Crippen MR) is 111 cm³/mol. The Balaban J connectivity index is 1.64. The lowest BCUT2D eigenvalue weighted by Gasteiger charge is -2.19. The molecule has 0 aliphatic carbocycles. The summed E-state index contributed by atoms with van der Waals surface area (Å²) < 4.78 is 24.2. The molecule has 0 heterocycles.